The number of nitrogens with zero attached hydrogens (tertiary/aromatic N) is 4. The van der Waals surface area contributed by atoms with Gasteiger partial charge < -0.3 is 24.1 Å². The third kappa shape index (κ3) is 5.93. The molecule has 2 aromatic heterocycles. The number of ether oxygens (including phenoxy) is 2. The van der Waals surface area contributed by atoms with Crippen LogP contribution in [0, 0.1) is 11.8 Å². The van der Waals surface area contributed by atoms with Gasteiger partial charge in [0.05, 0.1) is 32.3 Å². The molecular formula is C25H33N5O4S. The molecular weight excluding hydrogens is 466 g/mol. The van der Waals surface area contributed by atoms with E-state index in [0.717, 1.165) is 24.8 Å². The Labute approximate surface area is 210 Å². The molecule has 1 aromatic carbocycles. The zero-order valence-corrected chi connectivity index (χ0v) is 21.7. The number of rotatable bonds is 9. The molecule has 3 unspecified atom stereocenters. The SMILES string of the molecule is COc1ccc(NC(=O)C(C)Sc2nnc(N3CC(C)CC(C)C3)n2Cc2ccco2)cc1OC. The van der Waals surface area contributed by atoms with E-state index in [1.54, 1.807) is 38.7 Å². The van der Waals surface area contributed by atoms with E-state index in [0.29, 0.717) is 40.7 Å². The normalized spacial score (nSPS) is 18.8. The number of hydrogen-bond acceptors (Lipinski definition) is 8. The van der Waals surface area contributed by atoms with Crippen molar-refractivity contribution < 1.29 is 18.7 Å². The summed E-state index contributed by atoms with van der Waals surface area (Å²) in [5.74, 6) is 3.80. The molecule has 1 saturated heterocycles. The first-order valence-electron chi connectivity index (χ1n) is 11.8. The summed E-state index contributed by atoms with van der Waals surface area (Å²) in [5.41, 5.74) is 0.633. The molecule has 0 saturated carbocycles. The third-order valence-electron chi connectivity index (χ3n) is 6.05. The fraction of sp³-hybridized carbons (Fsp3) is 0.480. The molecule has 1 N–H and O–H groups in total. The molecule has 9 nitrogen and oxygen atoms in total. The molecule has 35 heavy (non-hydrogen) atoms. The standard InChI is InChI=1S/C25H33N5O4S/c1-16-11-17(2)14-29(13-16)24-27-28-25(30(24)15-20-7-6-10-34-20)35-18(3)23(31)26-19-8-9-21(32-4)22(12-19)33-5/h6-10,12,16-18H,11,13-15H2,1-5H3,(H,26,31). The number of aromatic nitrogens is 3. The summed E-state index contributed by atoms with van der Waals surface area (Å²) in [4.78, 5) is 15.3. The van der Waals surface area contributed by atoms with E-state index in [1.807, 2.05) is 19.1 Å². The molecule has 3 aromatic rings. The van der Waals surface area contributed by atoms with Crippen molar-refractivity contribution in [1.82, 2.24) is 14.8 Å². The Morgan fingerprint density at radius 3 is 2.57 bits per heavy atom. The van der Waals surface area contributed by atoms with Gasteiger partial charge in [0.2, 0.25) is 11.9 Å². The second kappa shape index (κ2) is 11.1. The van der Waals surface area contributed by atoms with Gasteiger partial charge in [0.1, 0.15) is 5.76 Å². The topological polar surface area (TPSA) is 94.7 Å². The number of furan rings is 1. The number of carbonyl (C=O) groups excluding carboxylic acids is 1. The average molecular weight is 500 g/mol. The predicted molar refractivity (Wildman–Crippen MR) is 136 cm³/mol. The van der Waals surface area contributed by atoms with Crippen molar-refractivity contribution in [3.8, 4) is 11.5 Å². The minimum atomic E-state index is -0.408. The molecule has 0 bridgehead atoms. The van der Waals surface area contributed by atoms with E-state index >= 15 is 0 Å². The van der Waals surface area contributed by atoms with Gasteiger partial charge in [0.25, 0.3) is 0 Å². The van der Waals surface area contributed by atoms with Crippen LogP contribution in [-0.2, 0) is 11.3 Å². The van der Waals surface area contributed by atoms with E-state index in [1.165, 1.54) is 18.2 Å². The Kier molecular flexibility index (Phi) is 7.90. The lowest BCUT2D eigenvalue weighted by Gasteiger charge is -2.35. The van der Waals surface area contributed by atoms with Crippen LogP contribution in [-0.4, -0.2) is 53.2 Å². The molecule has 0 radical (unpaired) electrons. The first-order chi connectivity index (χ1) is 16.9. The van der Waals surface area contributed by atoms with Crippen LogP contribution in [0.25, 0.3) is 0 Å². The summed E-state index contributed by atoms with van der Waals surface area (Å²) in [6.07, 6.45) is 2.87. The lowest BCUT2D eigenvalue weighted by molar-refractivity contribution is -0.115. The van der Waals surface area contributed by atoms with Gasteiger partial charge in [0.15, 0.2) is 16.7 Å². The predicted octanol–water partition coefficient (Wildman–Crippen LogP) is 4.54. The van der Waals surface area contributed by atoms with Crippen LogP contribution in [0.5, 0.6) is 11.5 Å². The van der Waals surface area contributed by atoms with Crippen LogP contribution in [0.2, 0.25) is 0 Å². The number of amides is 1. The summed E-state index contributed by atoms with van der Waals surface area (Å²) >= 11 is 1.38. The zero-order chi connectivity index (χ0) is 24.9. The second-order valence-electron chi connectivity index (χ2n) is 9.12. The quantitative estimate of drug-likeness (QED) is 0.429. The van der Waals surface area contributed by atoms with Gasteiger partial charge in [-0.1, -0.05) is 25.6 Å². The van der Waals surface area contributed by atoms with Crippen molar-refractivity contribution in [3.05, 3.63) is 42.4 Å². The fourth-order valence-corrected chi connectivity index (χ4v) is 5.34. The maximum absolute atomic E-state index is 13.0. The lowest BCUT2D eigenvalue weighted by Crippen LogP contribution is -2.40. The molecule has 4 rings (SSSR count). The van der Waals surface area contributed by atoms with Gasteiger partial charge in [-0.15, -0.1) is 10.2 Å². The van der Waals surface area contributed by atoms with Crippen molar-refractivity contribution in [3.63, 3.8) is 0 Å². The smallest absolute Gasteiger partial charge is 0.237 e. The number of hydrogen-bond donors (Lipinski definition) is 1. The largest absolute Gasteiger partial charge is 0.493 e. The zero-order valence-electron chi connectivity index (χ0n) is 20.9. The van der Waals surface area contributed by atoms with Crippen LogP contribution in [0.1, 0.15) is 33.0 Å². The molecule has 1 aliphatic heterocycles. The molecule has 188 valence electrons. The number of nitrogens with one attached hydrogen (secondary N) is 1. The first kappa shape index (κ1) is 25.0. The van der Waals surface area contributed by atoms with Gasteiger partial charge in [0, 0.05) is 24.8 Å². The third-order valence-corrected chi connectivity index (χ3v) is 7.13. The Morgan fingerprint density at radius 1 is 1.17 bits per heavy atom. The van der Waals surface area contributed by atoms with Gasteiger partial charge in [-0.3, -0.25) is 9.36 Å². The van der Waals surface area contributed by atoms with Crippen molar-refractivity contribution >= 4 is 29.3 Å². The Balaban J connectivity index is 1.52. The Bertz CT molecular complexity index is 1120. The Hall–Kier alpha value is -3.14. The van der Waals surface area contributed by atoms with Crippen molar-refractivity contribution in [1.29, 1.82) is 0 Å². The highest BCUT2D eigenvalue weighted by Crippen LogP contribution is 2.32. The van der Waals surface area contributed by atoms with Crippen LogP contribution in [0.3, 0.4) is 0 Å². The van der Waals surface area contributed by atoms with Crippen molar-refractivity contribution in [2.75, 3.05) is 37.5 Å². The maximum atomic E-state index is 13.0. The number of benzene rings is 1. The van der Waals surface area contributed by atoms with Gasteiger partial charge in [-0.2, -0.15) is 0 Å². The van der Waals surface area contributed by atoms with Gasteiger partial charge >= 0.3 is 0 Å². The van der Waals surface area contributed by atoms with Gasteiger partial charge in [-0.25, -0.2) is 0 Å². The molecule has 0 aliphatic carbocycles. The molecule has 0 spiro atoms. The molecule has 1 aliphatic rings. The first-order valence-corrected chi connectivity index (χ1v) is 12.7. The monoisotopic (exact) mass is 499 g/mol. The highest BCUT2D eigenvalue weighted by Gasteiger charge is 2.28. The van der Waals surface area contributed by atoms with Crippen LogP contribution in [0.15, 0.2) is 46.2 Å². The van der Waals surface area contributed by atoms with Crippen molar-refractivity contribution in [2.24, 2.45) is 11.8 Å². The summed E-state index contributed by atoms with van der Waals surface area (Å²) in [7, 11) is 3.14. The van der Waals surface area contributed by atoms with Crippen LogP contribution < -0.4 is 19.7 Å². The minimum absolute atomic E-state index is 0.142. The highest BCUT2D eigenvalue weighted by molar-refractivity contribution is 8.00. The van der Waals surface area contributed by atoms with E-state index < -0.39 is 5.25 Å². The number of piperidine rings is 1. The second-order valence-corrected chi connectivity index (χ2v) is 10.4. The van der Waals surface area contributed by atoms with Crippen LogP contribution in [0.4, 0.5) is 11.6 Å². The van der Waals surface area contributed by atoms with E-state index in [-0.39, 0.29) is 5.91 Å². The summed E-state index contributed by atoms with van der Waals surface area (Å²) < 4.78 is 18.3. The average Bonchev–Trinajstić information content (AvgIpc) is 3.49. The molecule has 3 atom stereocenters. The molecule has 3 heterocycles. The van der Waals surface area contributed by atoms with Gasteiger partial charge in [-0.05, 0) is 49.4 Å². The van der Waals surface area contributed by atoms with Crippen LogP contribution >= 0.6 is 11.8 Å². The number of anilines is 2. The summed E-state index contributed by atoms with van der Waals surface area (Å²) in [5, 5.41) is 12.2. The lowest BCUT2D eigenvalue weighted by atomic mass is 9.92. The minimum Gasteiger partial charge on any atom is -0.493 e. The van der Waals surface area contributed by atoms with E-state index in [2.05, 4.69) is 38.8 Å². The van der Waals surface area contributed by atoms with Crippen molar-refractivity contribution in [2.45, 2.75) is 44.1 Å². The highest BCUT2D eigenvalue weighted by atomic mass is 32.2. The number of carbonyl (C=O) groups is 1. The molecule has 10 heteroatoms. The number of thioether (sulfide) groups is 1. The fourth-order valence-electron chi connectivity index (χ4n) is 4.49. The van der Waals surface area contributed by atoms with E-state index in [4.69, 9.17) is 13.9 Å². The maximum Gasteiger partial charge on any atom is 0.237 e. The number of methoxy groups -OCH3 is 2. The molecule has 1 fully saturated rings. The molecule has 1 amide bonds. The Morgan fingerprint density at radius 2 is 1.91 bits per heavy atom. The summed E-state index contributed by atoms with van der Waals surface area (Å²) in [6, 6.07) is 9.10. The van der Waals surface area contributed by atoms with E-state index in [9.17, 15) is 4.79 Å². The summed E-state index contributed by atoms with van der Waals surface area (Å²) in [6.45, 7) is 8.76.